The standard InChI is InChI=1S/C15H14F2N2O4S/c1-18-14(20)9-23-10-5-7-11(8-6-10)24(21,22)19-15-12(16)3-2-4-13(15)17/h2-8,19H,9H2,1H3,(H,18,20). The lowest BCUT2D eigenvalue weighted by Gasteiger charge is -2.10. The second kappa shape index (κ2) is 7.26. The number of hydrogen-bond donors (Lipinski definition) is 2. The summed E-state index contributed by atoms with van der Waals surface area (Å²) in [6, 6.07) is 8.05. The van der Waals surface area contributed by atoms with Gasteiger partial charge in [0.15, 0.2) is 6.61 Å². The number of amides is 1. The van der Waals surface area contributed by atoms with Gasteiger partial charge in [0.25, 0.3) is 15.9 Å². The van der Waals surface area contributed by atoms with Crippen molar-refractivity contribution in [1.29, 1.82) is 0 Å². The molecule has 0 bridgehead atoms. The summed E-state index contributed by atoms with van der Waals surface area (Å²) in [6.45, 7) is -0.221. The Hall–Kier alpha value is -2.68. The van der Waals surface area contributed by atoms with Crippen LogP contribution in [0, 0.1) is 11.6 Å². The van der Waals surface area contributed by atoms with Gasteiger partial charge >= 0.3 is 0 Å². The molecule has 0 aliphatic heterocycles. The van der Waals surface area contributed by atoms with E-state index in [9.17, 15) is 22.0 Å². The molecular weight excluding hydrogens is 342 g/mol. The molecule has 0 saturated heterocycles. The molecule has 1 amide bonds. The number of sulfonamides is 1. The summed E-state index contributed by atoms with van der Waals surface area (Å²) >= 11 is 0. The van der Waals surface area contributed by atoms with E-state index in [0.29, 0.717) is 0 Å². The first kappa shape index (κ1) is 17.7. The van der Waals surface area contributed by atoms with E-state index < -0.39 is 27.3 Å². The first-order valence-corrected chi connectivity index (χ1v) is 8.22. The lowest BCUT2D eigenvalue weighted by molar-refractivity contribution is -0.122. The van der Waals surface area contributed by atoms with Crippen molar-refractivity contribution in [3.8, 4) is 5.75 Å². The summed E-state index contributed by atoms with van der Waals surface area (Å²) in [4.78, 5) is 10.9. The van der Waals surface area contributed by atoms with Crippen LogP contribution in [0.15, 0.2) is 47.4 Å². The second-order valence-corrected chi connectivity index (χ2v) is 6.32. The highest BCUT2D eigenvalue weighted by Crippen LogP contribution is 2.23. The van der Waals surface area contributed by atoms with Crippen molar-refractivity contribution in [1.82, 2.24) is 5.32 Å². The van der Waals surface area contributed by atoms with E-state index in [-0.39, 0.29) is 23.2 Å². The number of rotatable bonds is 6. The zero-order valence-corrected chi connectivity index (χ0v) is 13.4. The van der Waals surface area contributed by atoms with E-state index in [4.69, 9.17) is 4.74 Å². The Bertz CT molecular complexity index is 819. The zero-order chi connectivity index (χ0) is 17.7. The van der Waals surface area contributed by atoms with Crippen LogP contribution in [0.4, 0.5) is 14.5 Å². The fourth-order valence-corrected chi connectivity index (χ4v) is 2.80. The topological polar surface area (TPSA) is 84.5 Å². The van der Waals surface area contributed by atoms with Crippen LogP contribution in [0.5, 0.6) is 5.75 Å². The Morgan fingerprint density at radius 3 is 2.21 bits per heavy atom. The molecule has 0 atom stereocenters. The van der Waals surface area contributed by atoms with Crippen LogP contribution in [0.25, 0.3) is 0 Å². The third-order valence-corrected chi connectivity index (χ3v) is 4.35. The number of halogens is 2. The number of anilines is 1. The van der Waals surface area contributed by atoms with Crippen molar-refractivity contribution >= 4 is 21.6 Å². The van der Waals surface area contributed by atoms with Gasteiger partial charge in [-0.3, -0.25) is 9.52 Å². The molecule has 0 fully saturated rings. The molecule has 0 spiro atoms. The lowest BCUT2D eigenvalue weighted by atomic mass is 10.3. The van der Waals surface area contributed by atoms with Crippen molar-refractivity contribution in [3.05, 3.63) is 54.1 Å². The molecule has 6 nitrogen and oxygen atoms in total. The zero-order valence-electron chi connectivity index (χ0n) is 12.5. The van der Waals surface area contributed by atoms with Gasteiger partial charge in [-0.05, 0) is 36.4 Å². The molecule has 2 N–H and O–H groups in total. The molecule has 24 heavy (non-hydrogen) atoms. The van der Waals surface area contributed by atoms with Gasteiger partial charge in [0, 0.05) is 7.05 Å². The van der Waals surface area contributed by atoms with Gasteiger partial charge in [0.2, 0.25) is 0 Å². The molecule has 0 aliphatic rings. The quantitative estimate of drug-likeness (QED) is 0.828. The number of ether oxygens (including phenoxy) is 1. The summed E-state index contributed by atoms with van der Waals surface area (Å²) in [7, 11) is -2.72. The molecule has 0 radical (unpaired) electrons. The van der Waals surface area contributed by atoms with Crippen LogP contribution in [-0.4, -0.2) is 28.0 Å². The summed E-state index contributed by atoms with van der Waals surface area (Å²) in [5.74, 6) is -2.12. The van der Waals surface area contributed by atoms with Gasteiger partial charge in [-0.25, -0.2) is 17.2 Å². The highest BCUT2D eigenvalue weighted by atomic mass is 32.2. The van der Waals surface area contributed by atoms with Crippen LogP contribution in [-0.2, 0) is 14.8 Å². The van der Waals surface area contributed by atoms with E-state index in [1.54, 1.807) is 0 Å². The molecule has 128 valence electrons. The van der Waals surface area contributed by atoms with Gasteiger partial charge in [-0.15, -0.1) is 0 Å². The molecule has 2 aromatic carbocycles. The maximum Gasteiger partial charge on any atom is 0.262 e. The van der Waals surface area contributed by atoms with Crippen LogP contribution < -0.4 is 14.8 Å². The normalized spacial score (nSPS) is 11.0. The fourth-order valence-electron chi connectivity index (χ4n) is 1.72. The van der Waals surface area contributed by atoms with E-state index in [2.05, 4.69) is 5.32 Å². The third kappa shape index (κ3) is 4.19. The molecule has 0 aliphatic carbocycles. The Morgan fingerprint density at radius 1 is 1.08 bits per heavy atom. The minimum absolute atomic E-state index is 0.211. The summed E-state index contributed by atoms with van der Waals surface area (Å²) in [5, 5.41) is 2.37. The number of nitrogens with one attached hydrogen (secondary N) is 2. The number of benzene rings is 2. The Morgan fingerprint density at radius 2 is 1.67 bits per heavy atom. The number of likely N-dealkylation sites (N-methyl/N-ethyl adjacent to an activating group) is 1. The maximum atomic E-state index is 13.5. The highest BCUT2D eigenvalue weighted by molar-refractivity contribution is 7.92. The average molecular weight is 356 g/mol. The van der Waals surface area contributed by atoms with Crippen molar-refractivity contribution in [3.63, 3.8) is 0 Å². The third-order valence-electron chi connectivity index (χ3n) is 2.98. The predicted octanol–water partition coefficient (Wildman–Crippen LogP) is 1.89. The Labute approximate surface area is 137 Å². The molecular formula is C15H14F2N2O4S. The Kier molecular flexibility index (Phi) is 5.35. The van der Waals surface area contributed by atoms with E-state index in [1.807, 2.05) is 4.72 Å². The summed E-state index contributed by atoms with van der Waals surface area (Å²) < 4.78 is 58.5. The number of carbonyl (C=O) groups is 1. The second-order valence-electron chi connectivity index (χ2n) is 4.64. The summed E-state index contributed by atoms with van der Waals surface area (Å²) in [5.41, 5.74) is -0.752. The number of para-hydroxylation sites is 1. The van der Waals surface area contributed by atoms with E-state index >= 15 is 0 Å². The van der Waals surface area contributed by atoms with Gasteiger partial charge in [0.1, 0.15) is 23.1 Å². The molecule has 9 heteroatoms. The van der Waals surface area contributed by atoms with Crippen LogP contribution in [0.3, 0.4) is 0 Å². The lowest BCUT2D eigenvalue weighted by Crippen LogP contribution is -2.24. The largest absolute Gasteiger partial charge is 0.484 e. The molecule has 0 aromatic heterocycles. The Balaban J connectivity index is 2.16. The van der Waals surface area contributed by atoms with E-state index in [1.165, 1.54) is 31.3 Å². The molecule has 0 unspecified atom stereocenters. The smallest absolute Gasteiger partial charge is 0.262 e. The summed E-state index contributed by atoms with van der Waals surface area (Å²) in [6.07, 6.45) is 0. The van der Waals surface area contributed by atoms with Crippen molar-refractivity contribution < 1.29 is 26.7 Å². The van der Waals surface area contributed by atoms with Gasteiger partial charge < -0.3 is 10.1 Å². The average Bonchev–Trinajstić information content (AvgIpc) is 2.56. The highest BCUT2D eigenvalue weighted by Gasteiger charge is 2.19. The molecule has 0 heterocycles. The van der Waals surface area contributed by atoms with Crippen molar-refractivity contribution in [2.24, 2.45) is 0 Å². The van der Waals surface area contributed by atoms with E-state index in [0.717, 1.165) is 18.2 Å². The van der Waals surface area contributed by atoms with Crippen LogP contribution >= 0.6 is 0 Å². The van der Waals surface area contributed by atoms with Gasteiger partial charge in [-0.1, -0.05) is 6.07 Å². The molecule has 2 aromatic rings. The van der Waals surface area contributed by atoms with Gasteiger partial charge in [-0.2, -0.15) is 0 Å². The minimum Gasteiger partial charge on any atom is -0.484 e. The maximum absolute atomic E-state index is 13.5. The molecule has 2 rings (SSSR count). The van der Waals surface area contributed by atoms with Crippen molar-refractivity contribution in [2.75, 3.05) is 18.4 Å². The van der Waals surface area contributed by atoms with Crippen LogP contribution in [0.1, 0.15) is 0 Å². The first-order chi connectivity index (χ1) is 11.3. The first-order valence-electron chi connectivity index (χ1n) is 6.74. The monoisotopic (exact) mass is 356 g/mol. The van der Waals surface area contributed by atoms with Crippen molar-refractivity contribution in [2.45, 2.75) is 4.90 Å². The predicted molar refractivity (Wildman–Crippen MR) is 83.2 cm³/mol. The molecule has 0 saturated carbocycles. The fraction of sp³-hybridized carbons (Fsp3) is 0.133. The SMILES string of the molecule is CNC(=O)COc1ccc(S(=O)(=O)Nc2c(F)cccc2F)cc1. The van der Waals surface area contributed by atoms with Gasteiger partial charge in [0.05, 0.1) is 4.90 Å². The van der Waals surface area contributed by atoms with Crippen LogP contribution in [0.2, 0.25) is 0 Å². The number of hydrogen-bond acceptors (Lipinski definition) is 4. The minimum atomic E-state index is -4.18. The number of carbonyl (C=O) groups excluding carboxylic acids is 1.